The van der Waals surface area contributed by atoms with E-state index in [0.29, 0.717) is 22.8 Å². The Morgan fingerprint density at radius 2 is 1.74 bits per heavy atom. The molecule has 0 saturated heterocycles. The summed E-state index contributed by atoms with van der Waals surface area (Å²) in [6.45, 7) is 7.66. The lowest BCUT2D eigenvalue weighted by Gasteiger charge is -2.32. The molecule has 0 unspecified atom stereocenters. The highest BCUT2D eigenvalue weighted by Gasteiger charge is 2.30. The van der Waals surface area contributed by atoms with Crippen LogP contribution < -0.4 is 9.62 Å². The van der Waals surface area contributed by atoms with Crippen molar-refractivity contribution in [3.05, 3.63) is 64.2 Å². The van der Waals surface area contributed by atoms with E-state index < -0.39 is 28.5 Å². The van der Waals surface area contributed by atoms with Crippen LogP contribution in [-0.4, -0.2) is 50.5 Å². The van der Waals surface area contributed by atoms with Crippen molar-refractivity contribution in [3.8, 4) is 0 Å². The lowest BCUT2D eigenvalue weighted by molar-refractivity contribution is -0.139. The van der Waals surface area contributed by atoms with Crippen LogP contribution in [0.15, 0.2) is 42.5 Å². The molecule has 0 radical (unpaired) electrons. The lowest BCUT2D eigenvalue weighted by atomic mass is 10.1. The van der Waals surface area contributed by atoms with Crippen molar-refractivity contribution < 1.29 is 18.0 Å². The predicted octanol–water partition coefficient (Wildman–Crippen LogP) is 4.06. The molecule has 0 aromatic heterocycles. The number of hydrogen-bond acceptors (Lipinski definition) is 4. The van der Waals surface area contributed by atoms with Gasteiger partial charge < -0.3 is 10.2 Å². The molecule has 0 heterocycles. The summed E-state index contributed by atoms with van der Waals surface area (Å²) < 4.78 is 26.3. The van der Waals surface area contributed by atoms with Gasteiger partial charge in [0.25, 0.3) is 0 Å². The third-order valence-electron chi connectivity index (χ3n) is 5.58. The first kappa shape index (κ1) is 27.7. The van der Waals surface area contributed by atoms with Crippen LogP contribution in [0.1, 0.15) is 43.4 Å². The van der Waals surface area contributed by atoms with Gasteiger partial charge >= 0.3 is 0 Å². The van der Waals surface area contributed by atoms with Crippen LogP contribution in [0, 0.1) is 13.8 Å². The third-order valence-corrected chi connectivity index (χ3v) is 6.94. The monoisotopic (exact) mass is 507 g/mol. The van der Waals surface area contributed by atoms with E-state index in [0.717, 1.165) is 34.5 Å². The second-order valence-corrected chi connectivity index (χ2v) is 10.9. The van der Waals surface area contributed by atoms with Gasteiger partial charge in [0, 0.05) is 18.1 Å². The summed E-state index contributed by atoms with van der Waals surface area (Å²) in [5.74, 6) is -0.749. The second-order valence-electron chi connectivity index (χ2n) is 8.53. The SMILES string of the molecule is CCCCNC(=O)[C@@H](C)N(Cc1ccc(C)cc1)C(=O)CN(c1ccc(Cl)cc1C)S(C)(=O)=O. The highest BCUT2D eigenvalue weighted by Crippen LogP contribution is 2.26. The Morgan fingerprint density at radius 3 is 2.29 bits per heavy atom. The number of carbonyl (C=O) groups excluding carboxylic acids is 2. The largest absolute Gasteiger partial charge is 0.354 e. The third kappa shape index (κ3) is 7.74. The van der Waals surface area contributed by atoms with Crippen molar-refractivity contribution in [2.75, 3.05) is 23.7 Å². The highest BCUT2D eigenvalue weighted by molar-refractivity contribution is 7.92. The first-order valence-electron chi connectivity index (χ1n) is 11.3. The van der Waals surface area contributed by atoms with Crippen molar-refractivity contribution in [2.45, 2.75) is 53.1 Å². The van der Waals surface area contributed by atoms with Crippen LogP contribution in [0.3, 0.4) is 0 Å². The van der Waals surface area contributed by atoms with Crippen molar-refractivity contribution in [3.63, 3.8) is 0 Å². The number of amides is 2. The van der Waals surface area contributed by atoms with Crippen molar-refractivity contribution in [2.24, 2.45) is 0 Å². The molecule has 2 aromatic carbocycles. The fraction of sp³-hybridized carbons (Fsp3) is 0.440. The zero-order valence-corrected chi connectivity index (χ0v) is 22.0. The molecule has 1 atom stereocenters. The summed E-state index contributed by atoms with van der Waals surface area (Å²) >= 11 is 6.03. The number of hydrogen-bond donors (Lipinski definition) is 1. The van der Waals surface area contributed by atoms with Crippen molar-refractivity contribution in [1.82, 2.24) is 10.2 Å². The first-order valence-corrected chi connectivity index (χ1v) is 13.5. The molecule has 0 aliphatic rings. The van der Waals surface area contributed by atoms with E-state index in [-0.39, 0.29) is 12.5 Å². The molecule has 2 rings (SSSR count). The van der Waals surface area contributed by atoms with Crippen LogP contribution in [0.4, 0.5) is 5.69 Å². The highest BCUT2D eigenvalue weighted by atomic mass is 35.5. The van der Waals surface area contributed by atoms with Gasteiger partial charge in [-0.1, -0.05) is 54.8 Å². The molecule has 7 nitrogen and oxygen atoms in total. The first-order chi connectivity index (χ1) is 15.9. The number of sulfonamides is 1. The Balaban J connectivity index is 2.37. The van der Waals surface area contributed by atoms with Crippen LogP contribution >= 0.6 is 11.6 Å². The zero-order valence-electron chi connectivity index (χ0n) is 20.5. The minimum Gasteiger partial charge on any atom is -0.354 e. The molecule has 0 aliphatic heterocycles. The summed E-state index contributed by atoms with van der Waals surface area (Å²) in [7, 11) is -3.78. The van der Waals surface area contributed by atoms with Crippen molar-refractivity contribution in [1.29, 1.82) is 0 Å². The standard InChI is InChI=1S/C25H34ClN3O4S/c1-6-7-14-27-25(31)20(4)28(16-21-10-8-18(2)9-11-21)24(30)17-29(34(5,32)33)23-13-12-22(26)15-19(23)3/h8-13,15,20H,6-7,14,16-17H2,1-5H3,(H,27,31)/t20-/m1/s1. The van der Waals surface area contributed by atoms with Gasteiger partial charge in [0.2, 0.25) is 21.8 Å². The van der Waals surface area contributed by atoms with E-state index in [2.05, 4.69) is 5.32 Å². The molecule has 0 saturated carbocycles. The molecule has 0 aliphatic carbocycles. The number of halogens is 1. The Labute approximate surface area is 208 Å². The number of unbranched alkanes of at least 4 members (excludes halogenated alkanes) is 1. The molecule has 0 fully saturated rings. The van der Waals surface area contributed by atoms with E-state index >= 15 is 0 Å². The summed E-state index contributed by atoms with van der Waals surface area (Å²) in [5, 5.41) is 3.34. The lowest BCUT2D eigenvalue weighted by Crippen LogP contribution is -2.51. The van der Waals surface area contributed by atoms with E-state index in [1.807, 2.05) is 38.1 Å². The molecule has 34 heavy (non-hydrogen) atoms. The van der Waals surface area contributed by atoms with E-state index in [9.17, 15) is 18.0 Å². The maximum atomic E-state index is 13.5. The smallest absolute Gasteiger partial charge is 0.244 e. The average molecular weight is 508 g/mol. The van der Waals surface area contributed by atoms with Gasteiger partial charge in [-0.15, -0.1) is 0 Å². The van der Waals surface area contributed by atoms with Crippen LogP contribution in [-0.2, 0) is 26.2 Å². The number of nitrogens with zero attached hydrogens (tertiary/aromatic N) is 2. The van der Waals surface area contributed by atoms with Gasteiger partial charge in [-0.25, -0.2) is 8.42 Å². The fourth-order valence-corrected chi connectivity index (χ4v) is 4.64. The van der Waals surface area contributed by atoms with E-state index in [1.54, 1.807) is 32.0 Å². The molecule has 2 aromatic rings. The van der Waals surface area contributed by atoms with Gasteiger partial charge in [0.1, 0.15) is 12.6 Å². The Kier molecular flexibility index (Phi) is 9.94. The molecular formula is C25H34ClN3O4S. The molecule has 2 amide bonds. The van der Waals surface area contributed by atoms with E-state index in [1.165, 1.54) is 4.90 Å². The minimum absolute atomic E-state index is 0.179. The Bertz CT molecular complexity index is 1100. The Hall–Kier alpha value is -2.58. The molecule has 0 spiro atoms. The number of nitrogens with one attached hydrogen (secondary N) is 1. The fourth-order valence-electron chi connectivity index (χ4n) is 3.50. The second kappa shape index (κ2) is 12.2. The molecule has 0 bridgehead atoms. The number of aryl methyl sites for hydroxylation is 2. The maximum absolute atomic E-state index is 13.5. The predicted molar refractivity (Wildman–Crippen MR) is 137 cm³/mol. The van der Waals surface area contributed by atoms with Gasteiger partial charge in [0.15, 0.2) is 0 Å². The van der Waals surface area contributed by atoms with E-state index in [4.69, 9.17) is 11.6 Å². The topological polar surface area (TPSA) is 86.8 Å². The number of rotatable bonds is 11. The Morgan fingerprint density at radius 1 is 1.09 bits per heavy atom. The normalized spacial score (nSPS) is 12.2. The van der Waals surface area contributed by atoms with Gasteiger partial charge in [0.05, 0.1) is 11.9 Å². The quantitative estimate of drug-likeness (QED) is 0.465. The van der Waals surface area contributed by atoms with Crippen LogP contribution in [0.5, 0.6) is 0 Å². The summed E-state index contributed by atoms with van der Waals surface area (Å²) in [6.07, 6.45) is 2.83. The minimum atomic E-state index is -3.78. The van der Waals surface area contributed by atoms with Gasteiger partial charge in [-0.2, -0.15) is 0 Å². The zero-order chi connectivity index (χ0) is 25.5. The molecule has 186 valence electrons. The maximum Gasteiger partial charge on any atom is 0.244 e. The van der Waals surface area contributed by atoms with Gasteiger partial charge in [-0.3, -0.25) is 13.9 Å². The number of anilines is 1. The molecule has 1 N–H and O–H groups in total. The number of benzene rings is 2. The van der Waals surface area contributed by atoms with Crippen molar-refractivity contribution >= 4 is 39.1 Å². The molecule has 9 heteroatoms. The summed E-state index contributed by atoms with van der Waals surface area (Å²) in [4.78, 5) is 27.7. The van der Waals surface area contributed by atoms with Crippen LogP contribution in [0.25, 0.3) is 0 Å². The average Bonchev–Trinajstić information content (AvgIpc) is 2.76. The summed E-state index contributed by atoms with van der Waals surface area (Å²) in [5.41, 5.74) is 2.92. The summed E-state index contributed by atoms with van der Waals surface area (Å²) in [6, 6.07) is 11.7. The molecular weight excluding hydrogens is 474 g/mol. The van der Waals surface area contributed by atoms with Gasteiger partial charge in [-0.05, 0) is 56.5 Å². The number of carbonyl (C=O) groups is 2. The van der Waals surface area contributed by atoms with Crippen LogP contribution in [0.2, 0.25) is 5.02 Å².